The third-order valence-electron chi connectivity index (χ3n) is 6.78. The van der Waals surface area contributed by atoms with E-state index >= 15 is 0 Å². The predicted molar refractivity (Wildman–Crippen MR) is 117 cm³/mol. The molecule has 1 saturated heterocycles. The molecule has 3 aromatic rings. The normalized spacial score (nSPS) is 19.5. The molecule has 31 heavy (non-hydrogen) atoms. The fraction of sp³-hybridized carbons (Fsp3) is 0.524. The number of fused-ring (bicyclic) bond motifs is 1. The lowest BCUT2D eigenvalue weighted by molar-refractivity contribution is 0.100. The molecule has 164 valence electrons. The summed E-state index contributed by atoms with van der Waals surface area (Å²) in [5.41, 5.74) is 8.43. The molecule has 2 fully saturated rings. The van der Waals surface area contributed by atoms with E-state index in [9.17, 15) is 4.79 Å². The van der Waals surface area contributed by atoms with Crippen molar-refractivity contribution in [2.45, 2.75) is 32.7 Å². The number of nitrogens with one attached hydrogen (secondary N) is 1. The number of nitrogens with two attached hydrogens (primary N) is 1. The summed E-state index contributed by atoms with van der Waals surface area (Å²) in [4.78, 5) is 16.4. The molecule has 0 bridgehead atoms. The standard InChI is InChI=1S/C21H28N8O2/c1-13(21(2)4-5-21)24-17-15(18(22)30)11-23-29-12-14(10-16(17)29)19-25-26-20(31-19)28-8-6-27(3)7-9-28/h10-13,24H,4-9H2,1-3H3,(H2,22,30). The Morgan fingerprint density at radius 3 is 2.68 bits per heavy atom. The highest BCUT2D eigenvalue weighted by Gasteiger charge is 2.43. The summed E-state index contributed by atoms with van der Waals surface area (Å²) in [6.45, 7) is 8.00. The summed E-state index contributed by atoms with van der Waals surface area (Å²) in [5, 5.41) is 16.4. The Hall–Kier alpha value is -3.14. The highest BCUT2D eigenvalue weighted by molar-refractivity contribution is 6.02. The van der Waals surface area contributed by atoms with Gasteiger partial charge in [0.2, 0.25) is 0 Å². The van der Waals surface area contributed by atoms with Crippen LogP contribution < -0.4 is 16.0 Å². The van der Waals surface area contributed by atoms with E-state index in [4.69, 9.17) is 10.2 Å². The average molecular weight is 425 g/mol. The van der Waals surface area contributed by atoms with Crippen molar-refractivity contribution in [3.05, 3.63) is 24.0 Å². The summed E-state index contributed by atoms with van der Waals surface area (Å²) in [5.74, 6) is -0.0863. The van der Waals surface area contributed by atoms with Gasteiger partial charge in [-0.25, -0.2) is 4.52 Å². The van der Waals surface area contributed by atoms with Crippen molar-refractivity contribution in [1.29, 1.82) is 0 Å². The Morgan fingerprint density at radius 1 is 1.26 bits per heavy atom. The lowest BCUT2D eigenvalue weighted by atomic mass is 10.00. The van der Waals surface area contributed by atoms with Gasteiger partial charge in [0.25, 0.3) is 11.8 Å². The molecule has 4 heterocycles. The first-order valence-electron chi connectivity index (χ1n) is 10.7. The number of piperazine rings is 1. The molecule has 5 rings (SSSR count). The maximum Gasteiger partial charge on any atom is 0.318 e. The monoisotopic (exact) mass is 424 g/mol. The molecule has 1 aliphatic heterocycles. The fourth-order valence-corrected chi connectivity index (χ4v) is 3.99. The topological polar surface area (TPSA) is 118 Å². The minimum atomic E-state index is -0.511. The third-order valence-corrected chi connectivity index (χ3v) is 6.78. The van der Waals surface area contributed by atoms with Crippen LogP contribution in [0.25, 0.3) is 17.0 Å². The van der Waals surface area contributed by atoms with Crippen LogP contribution >= 0.6 is 0 Å². The number of carbonyl (C=O) groups excluding carboxylic acids is 1. The van der Waals surface area contributed by atoms with E-state index in [1.807, 2.05) is 12.3 Å². The molecule has 10 nitrogen and oxygen atoms in total. The molecule has 2 aliphatic rings. The highest BCUT2D eigenvalue weighted by atomic mass is 16.4. The van der Waals surface area contributed by atoms with Gasteiger partial charge in [0, 0.05) is 38.4 Å². The van der Waals surface area contributed by atoms with Gasteiger partial charge in [0.05, 0.1) is 28.5 Å². The number of carbonyl (C=O) groups is 1. The van der Waals surface area contributed by atoms with E-state index < -0.39 is 5.91 Å². The van der Waals surface area contributed by atoms with Crippen LogP contribution in [0.3, 0.4) is 0 Å². The van der Waals surface area contributed by atoms with E-state index in [1.165, 1.54) is 6.20 Å². The van der Waals surface area contributed by atoms with Gasteiger partial charge in [-0.05, 0) is 38.3 Å². The minimum absolute atomic E-state index is 0.197. The number of hydrogen-bond donors (Lipinski definition) is 2. The maximum atomic E-state index is 12.1. The summed E-state index contributed by atoms with van der Waals surface area (Å²) >= 11 is 0. The van der Waals surface area contributed by atoms with E-state index in [0.29, 0.717) is 23.2 Å². The summed E-state index contributed by atoms with van der Waals surface area (Å²) in [6.07, 6.45) is 5.67. The number of nitrogens with zero attached hydrogens (tertiary/aromatic N) is 6. The van der Waals surface area contributed by atoms with Gasteiger partial charge < -0.3 is 25.3 Å². The fourth-order valence-electron chi connectivity index (χ4n) is 3.99. The molecular formula is C21H28N8O2. The first kappa shape index (κ1) is 19.8. The van der Waals surface area contributed by atoms with E-state index in [0.717, 1.165) is 50.1 Å². The number of amides is 1. The van der Waals surface area contributed by atoms with Crippen molar-refractivity contribution in [1.82, 2.24) is 24.7 Å². The average Bonchev–Trinajstić information content (AvgIpc) is 3.16. The van der Waals surface area contributed by atoms with Gasteiger partial charge >= 0.3 is 6.01 Å². The number of anilines is 2. The number of rotatable bonds is 6. The minimum Gasteiger partial charge on any atom is -0.403 e. The number of primary amides is 1. The molecule has 3 aromatic heterocycles. The zero-order chi connectivity index (χ0) is 21.8. The van der Waals surface area contributed by atoms with Gasteiger partial charge in [-0.3, -0.25) is 4.79 Å². The number of aromatic nitrogens is 4. The zero-order valence-corrected chi connectivity index (χ0v) is 18.1. The Morgan fingerprint density at radius 2 is 2.00 bits per heavy atom. The van der Waals surface area contributed by atoms with Gasteiger partial charge in [-0.1, -0.05) is 12.0 Å². The van der Waals surface area contributed by atoms with Crippen LogP contribution in [0.5, 0.6) is 0 Å². The van der Waals surface area contributed by atoms with Crippen molar-refractivity contribution in [3.63, 3.8) is 0 Å². The largest absolute Gasteiger partial charge is 0.403 e. The molecule has 3 N–H and O–H groups in total. The second-order valence-electron chi connectivity index (χ2n) is 9.06. The Bertz CT molecular complexity index is 1120. The van der Waals surface area contributed by atoms with Crippen LogP contribution in [0.1, 0.15) is 37.0 Å². The molecule has 1 saturated carbocycles. The van der Waals surface area contributed by atoms with Crippen molar-refractivity contribution < 1.29 is 9.21 Å². The maximum absolute atomic E-state index is 12.1. The molecular weight excluding hydrogens is 396 g/mol. The first-order valence-corrected chi connectivity index (χ1v) is 10.7. The Labute approximate surface area is 180 Å². The van der Waals surface area contributed by atoms with Crippen LogP contribution in [-0.4, -0.2) is 69.9 Å². The van der Waals surface area contributed by atoms with Crippen LogP contribution in [0.2, 0.25) is 0 Å². The molecule has 1 atom stereocenters. The van der Waals surface area contributed by atoms with E-state index in [1.54, 1.807) is 4.52 Å². The van der Waals surface area contributed by atoms with Crippen molar-refractivity contribution in [3.8, 4) is 11.5 Å². The lowest BCUT2D eigenvalue weighted by Crippen LogP contribution is -2.44. The summed E-state index contributed by atoms with van der Waals surface area (Å²) in [6, 6.07) is 2.63. The lowest BCUT2D eigenvalue weighted by Gasteiger charge is -2.30. The number of likely N-dealkylation sites (N-methyl/N-ethyl adjacent to an activating group) is 1. The predicted octanol–water partition coefficient (Wildman–Crippen LogP) is 1.84. The molecule has 10 heteroatoms. The Kier molecular flexibility index (Phi) is 4.62. The molecule has 1 unspecified atom stereocenters. The highest BCUT2D eigenvalue weighted by Crippen LogP contribution is 2.49. The smallest absolute Gasteiger partial charge is 0.318 e. The van der Waals surface area contributed by atoms with Crippen molar-refractivity contribution in [2.24, 2.45) is 11.1 Å². The molecule has 0 spiro atoms. The molecule has 0 radical (unpaired) electrons. The van der Waals surface area contributed by atoms with Crippen LogP contribution in [0, 0.1) is 5.41 Å². The van der Waals surface area contributed by atoms with Crippen LogP contribution in [0.4, 0.5) is 11.7 Å². The third kappa shape index (κ3) is 3.60. The molecule has 0 aromatic carbocycles. The van der Waals surface area contributed by atoms with Crippen LogP contribution in [-0.2, 0) is 0 Å². The second-order valence-corrected chi connectivity index (χ2v) is 9.06. The van der Waals surface area contributed by atoms with E-state index in [2.05, 4.69) is 51.3 Å². The summed E-state index contributed by atoms with van der Waals surface area (Å²) in [7, 11) is 2.10. The van der Waals surface area contributed by atoms with Crippen molar-refractivity contribution in [2.75, 3.05) is 43.4 Å². The molecule has 1 amide bonds. The van der Waals surface area contributed by atoms with Gasteiger partial charge in [-0.2, -0.15) is 5.10 Å². The quantitative estimate of drug-likeness (QED) is 0.615. The van der Waals surface area contributed by atoms with Gasteiger partial charge in [0.1, 0.15) is 0 Å². The van der Waals surface area contributed by atoms with Gasteiger partial charge in [0.15, 0.2) is 0 Å². The SMILES string of the molecule is CC(Nc1c(C(N)=O)cnn2cc(-c3nnc(N4CCN(C)CC4)o3)cc12)C1(C)CC1. The van der Waals surface area contributed by atoms with Gasteiger partial charge in [-0.15, -0.1) is 5.10 Å². The van der Waals surface area contributed by atoms with E-state index in [-0.39, 0.29) is 11.5 Å². The Balaban J connectivity index is 1.48. The zero-order valence-electron chi connectivity index (χ0n) is 18.1. The van der Waals surface area contributed by atoms with Crippen molar-refractivity contribution >= 4 is 23.1 Å². The summed E-state index contributed by atoms with van der Waals surface area (Å²) < 4.78 is 7.68. The molecule has 1 aliphatic carbocycles. The van der Waals surface area contributed by atoms with Crippen LogP contribution in [0.15, 0.2) is 22.9 Å². The first-order chi connectivity index (χ1) is 14.8. The second kappa shape index (κ2) is 7.23. The number of hydrogen-bond acceptors (Lipinski definition) is 8.